The summed E-state index contributed by atoms with van der Waals surface area (Å²) in [7, 11) is 0. The number of aliphatic hydroxyl groups excluding tert-OH is 1. The van der Waals surface area contributed by atoms with Crippen molar-refractivity contribution < 1.29 is 5.11 Å². The Hall–Kier alpha value is -2.60. The molecule has 3 aromatic rings. The Balaban J connectivity index is 1.57. The molecule has 0 saturated heterocycles. The van der Waals surface area contributed by atoms with Gasteiger partial charge in [0.05, 0.1) is 41.4 Å². The summed E-state index contributed by atoms with van der Waals surface area (Å²) in [5.74, 6) is 1.54. The van der Waals surface area contributed by atoms with Crippen LogP contribution in [-0.2, 0) is 13.0 Å². The van der Waals surface area contributed by atoms with E-state index in [0.29, 0.717) is 5.69 Å². The largest absolute Gasteiger partial charge is 0.390 e. The molecule has 0 spiro atoms. The highest BCUT2D eigenvalue weighted by atomic mass is 16.3. The zero-order chi connectivity index (χ0) is 20.4. The lowest BCUT2D eigenvalue weighted by atomic mass is 9.80. The number of pyridine rings is 1. The lowest BCUT2D eigenvalue weighted by Crippen LogP contribution is -2.16. The molecule has 1 N–H and O–H groups in total. The lowest BCUT2D eigenvalue weighted by Gasteiger charge is -2.26. The van der Waals surface area contributed by atoms with E-state index in [1.165, 1.54) is 25.7 Å². The van der Waals surface area contributed by atoms with Crippen LogP contribution >= 0.6 is 0 Å². The predicted molar refractivity (Wildman–Crippen MR) is 113 cm³/mol. The second kappa shape index (κ2) is 8.41. The van der Waals surface area contributed by atoms with Crippen molar-refractivity contribution in [1.82, 2.24) is 24.7 Å². The van der Waals surface area contributed by atoms with E-state index in [2.05, 4.69) is 40.1 Å². The van der Waals surface area contributed by atoms with E-state index in [9.17, 15) is 5.11 Å². The van der Waals surface area contributed by atoms with Crippen molar-refractivity contribution >= 4 is 0 Å². The van der Waals surface area contributed by atoms with Crippen molar-refractivity contribution in [3.63, 3.8) is 0 Å². The highest BCUT2D eigenvalue weighted by Gasteiger charge is 2.21. The Labute approximate surface area is 172 Å². The van der Waals surface area contributed by atoms with Gasteiger partial charge in [0, 0.05) is 6.20 Å². The van der Waals surface area contributed by atoms with Crippen LogP contribution < -0.4 is 0 Å². The minimum atomic E-state index is -0.148. The molecule has 152 valence electrons. The minimum absolute atomic E-state index is 0.148. The number of aromatic nitrogens is 5. The van der Waals surface area contributed by atoms with E-state index >= 15 is 0 Å². The monoisotopic (exact) mass is 391 g/mol. The zero-order valence-corrected chi connectivity index (χ0v) is 17.5. The van der Waals surface area contributed by atoms with Gasteiger partial charge in [0.1, 0.15) is 5.69 Å². The van der Waals surface area contributed by atoms with Crippen LogP contribution in [0.5, 0.6) is 0 Å². The van der Waals surface area contributed by atoms with Crippen molar-refractivity contribution in [2.75, 3.05) is 0 Å². The molecule has 1 aliphatic rings. The number of nitrogens with zero attached hydrogens (tertiary/aromatic N) is 5. The number of hydrogen-bond acceptors (Lipinski definition) is 5. The topological polar surface area (TPSA) is 76.7 Å². The predicted octanol–water partition coefficient (Wildman–Crippen LogP) is 4.20. The Morgan fingerprint density at radius 1 is 1.10 bits per heavy atom. The summed E-state index contributed by atoms with van der Waals surface area (Å²) in [6.07, 6.45) is 9.93. The molecule has 3 heterocycles. The van der Waals surface area contributed by atoms with E-state index < -0.39 is 0 Å². The van der Waals surface area contributed by atoms with Crippen LogP contribution in [0.4, 0.5) is 0 Å². The van der Waals surface area contributed by atoms with Gasteiger partial charge in [-0.3, -0.25) is 0 Å². The van der Waals surface area contributed by atoms with Gasteiger partial charge in [-0.2, -0.15) is 5.10 Å². The van der Waals surface area contributed by atoms with Crippen LogP contribution in [-0.4, -0.2) is 29.8 Å². The average molecular weight is 392 g/mol. The van der Waals surface area contributed by atoms with Crippen molar-refractivity contribution in [2.45, 2.75) is 59.5 Å². The molecular weight excluding hydrogens is 362 g/mol. The van der Waals surface area contributed by atoms with Gasteiger partial charge in [-0.1, -0.05) is 26.2 Å². The van der Waals surface area contributed by atoms with Gasteiger partial charge in [0.15, 0.2) is 0 Å². The van der Waals surface area contributed by atoms with Crippen molar-refractivity contribution in [3.8, 4) is 17.1 Å². The minimum Gasteiger partial charge on any atom is -0.390 e. The van der Waals surface area contributed by atoms with E-state index in [1.807, 2.05) is 29.8 Å². The first kappa shape index (κ1) is 19.7. The number of aliphatic hydroxyl groups is 1. The molecular formula is C23H29N5O. The fourth-order valence-electron chi connectivity index (χ4n) is 4.40. The van der Waals surface area contributed by atoms with Gasteiger partial charge in [0.25, 0.3) is 0 Å². The maximum Gasteiger partial charge on any atom is 0.112 e. The third kappa shape index (κ3) is 4.37. The average Bonchev–Trinajstić information content (AvgIpc) is 3.15. The highest BCUT2D eigenvalue weighted by Crippen LogP contribution is 2.31. The third-order valence-electron chi connectivity index (χ3n) is 5.97. The summed E-state index contributed by atoms with van der Waals surface area (Å²) >= 11 is 0. The zero-order valence-electron chi connectivity index (χ0n) is 17.5. The maximum atomic E-state index is 9.83. The highest BCUT2D eigenvalue weighted by molar-refractivity contribution is 5.57. The molecule has 0 aliphatic heterocycles. The molecule has 6 heteroatoms. The summed E-state index contributed by atoms with van der Waals surface area (Å²) in [6.45, 7) is 6.25. The van der Waals surface area contributed by atoms with E-state index in [4.69, 9.17) is 0 Å². The fourth-order valence-corrected chi connectivity index (χ4v) is 4.40. The molecule has 3 aromatic heterocycles. The molecule has 0 radical (unpaired) electrons. The molecule has 0 aromatic carbocycles. The summed E-state index contributed by atoms with van der Waals surface area (Å²) < 4.78 is 1.88. The fraction of sp³-hybridized carbons (Fsp3) is 0.478. The van der Waals surface area contributed by atoms with Crippen LogP contribution in [0.25, 0.3) is 17.1 Å². The normalized spacial score (nSPS) is 19.4. The van der Waals surface area contributed by atoms with Crippen LogP contribution in [0.15, 0.2) is 30.7 Å². The molecule has 2 atom stereocenters. The molecule has 1 aliphatic carbocycles. The van der Waals surface area contributed by atoms with Crippen molar-refractivity contribution in [1.29, 1.82) is 0 Å². The van der Waals surface area contributed by atoms with Gasteiger partial charge in [-0.15, -0.1) is 5.10 Å². The molecule has 6 nitrogen and oxygen atoms in total. The quantitative estimate of drug-likeness (QED) is 0.705. The Morgan fingerprint density at radius 3 is 2.66 bits per heavy atom. The van der Waals surface area contributed by atoms with Crippen LogP contribution in [0.1, 0.15) is 55.3 Å². The second-order valence-corrected chi connectivity index (χ2v) is 8.44. The first-order valence-corrected chi connectivity index (χ1v) is 10.5. The molecule has 1 saturated carbocycles. The number of imidazole rings is 1. The summed E-state index contributed by atoms with van der Waals surface area (Å²) in [6, 6.07) is 5.94. The third-order valence-corrected chi connectivity index (χ3v) is 5.97. The second-order valence-electron chi connectivity index (χ2n) is 8.44. The Morgan fingerprint density at radius 2 is 1.97 bits per heavy atom. The summed E-state index contributed by atoms with van der Waals surface area (Å²) in [5, 5.41) is 18.8. The van der Waals surface area contributed by atoms with Crippen molar-refractivity contribution in [2.24, 2.45) is 11.8 Å². The smallest absolute Gasteiger partial charge is 0.112 e. The number of aryl methyl sites for hydroxylation is 2. The van der Waals surface area contributed by atoms with Gasteiger partial charge in [-0.25, -0.2) is 9.97 Å². The molecule has 29 heavy (non-hydrogen) atoms. The van der Waals surface area contributed by atoms with Gasteiger partial charge < -0.3 is 9.67 Å². The molecule has 2 unspecified atom stereocenters. The molecule has 0 bridgehead atoms. The van der Waals surface area contributed by atoms with Crippen LogP contribution in [0.2, 0.25) is 0 Å². The van der Waals surface area contributed by atoms with Crippen molar-refractivity contribution in [3.05, 3.63) is 53.4 Å². The Kier molecular flexibility index (Phi) is 5.72. The van der Waals surface area contributed by atoms with Gasteiger partial charge in [-0.05, 0) is 62.3 Å². The van der Waals surface area contributed by atoms with Gasteiger partial charge >= 0.3 is 0 Å². The van der Waals surface area contributed by atoms with E-state index in [1.54, 1.807) is 6.33 Å². The van der Waals surface area contributed by atoms with Crippen LogP contribution in [0, 0.1) is 25.7 Å². The number of rotatable bonds is 5. The Bertz CT molecular complexity index is 997. The molecule has 0 amide bonds. The van der Waals surface area contributed by atoms with Gasteiger partial charge in [0.2, 0.25) is 0 Å². The maximum absolute atomic E-state index is 9.83. The first-order chi connectivity index (χ1) is 14.0. The standard InChI is InChI=1S/C23H29N5O/c1-15-5-4-6-18(9-15)11-20-16(2)10-21(27-26-20)19-7-8-23(22(13-29)25-19)28-12-17(3)24-14-28/h7-8,10,12,14-15,18,29H,4-6,9,11,13H2,1-3H3. The molecule has 1 fully saturated rings. The first-order valence-electron chi connectivity index (χ1n) is 10.5. The lowest BCUT2D eigenvalue weighted by molar-refractivity contribution is 0.276. The molecule has 4 rings (SSSR count). The summed E-state index contributed by atoms with van der Waals surface area (Å²) in [4.78, 5) is 8.90. The van der Waals surface area contributed by atoms with Crippen LogP contribution in [0.3, 0.4) is 0 Å². The number of hydrogen-bond donors (Lipinski definition) is 1. The van der Waals surface area contributed by atoms with E-state index in [0.717, 1.165) is 52.3 Å². The van der Waals surface area contributed by atoms with E-state index in [-0.39, 0.29) is 6.61 Å². The SMILES string of the molecule is Cc1cn(-c2ccc(-c3cc(C)c(CC4CCCC(C)C4)nn3)nc2CO)cn1. The summed E-state index contributed by atoms with van der Waals surface area (Å²) in [5.41, 5.74) is 6.07.